The number of aryl methyl sites for hydroxylation is 1. The molecule has 0 spiro atoms. The molecular formula is C25H42O4Si. The standard InChI is InChI=1S/C25H42O4Si/c1-25(2,30(4,5)27)17-19(12-11-18-9-7-6-8-10-18)13-14-20-21-15-24(28-3)29-23(21)16-22(20)26/h6-10,19-24,26-27H,11-17H2,1-5H3/t19-,20+,21+,22+,23-,24?/m0/s1. The molecule has 2 fully saturated rings. The van der Waals surface area contributed by atoms with E-state index < -0.39 is 8.32 Å². The van der Waals surface area contributed by atoms with Crippen LogP contribution in [-0.2, 0) is 15.9 Å². The van der Waals surface area contributed by atoms with Gasteiger partial charge in [0.2, 0.25) is 0 Å². The first kappa shape index (κ1) is 23.9. The molecule has 170 valence electrons. The average molecular weight is 435 g/mol. The van der Waals surface area contributed by atoms with Crippen molar-refractivity contribution in [2.75, 3.05) is 7.11 Å². The molecule has 1 aliphatic carbocycles. The van der Waals surface area contributed by atoms with Gasteiger partial charge in [-0.15, -0.1) is 0 Å². The predicted octanol–water partition coefficient (Wildman–Crippen LogP) is 5.14. The SMILES string of the molecule is COC1C[C@@H]2[C@@H](CC[C@H](CCc3ccccc3)CC(C)(C)[Si](C)(C)O)[C@H](O)C[C@@H]2O1. The van der Waals surface area contributed by atoms with E-state index >= 15 is 0 Å². The Morgan fingerprint density at radius 1 is 1.17 bits per heavy atom. The van der Waals surface area contributed by atoms with Gasteiger partial charge in [0.05, 0.1) is 12.2 Å². The lowest BCUT2D eigenvalue weighted by molar-refractivity contribution is -0.118. The van der Waals surface area contributed by atoms with Crippen molar-refractivity contribution < 1.29 is 19.4 Å². The highest BCUT2D eigenvalue weighted by Gasteiger charge is 2.49. The second kappa shape index (κ2) is 9.82. The molecule has 3 rings (SSSR count). The number of aliphatic hydroxyl groups excluding tert-OH is 1. The number of aliphatic hydroxyl groups is 1. The zero-order chi connectivity index (χ0) is 21.9. The van der Waals surface area contributed by atoms with Crippen LogP contribution in [0.4, 0.5) is 0 Å². The van der Waals surface area contributed by atoms with Gasteiger partial charge in [-0.05, 0) is 67.1 Å². The Bertz CT molecular complexity index is 657. The third-order valence-electron chi connectivity index (χ3n) is 8.10. The number of hydrogen-bond donors (Lipinski definition) is 2. The van der Waals surface area contributed by atoms with E-state index in [1.54, 1.807) is 7.11 Å². The topological polar surface area (TPSA) is 58.9 Å². The maximum atomic E-state index is 10.8. The monoisotopic (exact) mass is 434 g/mol. The molecule has 5 heteroatoms. The van der Waals surface area contributed by atoms with Crippen LogP contribution >= 0.6 is 0 Å². The molecule has 0 aromatic heterocycles. The average Bonchev–Trinajstić information content (AvgIpc) is 3.20. The third-order valence-corrected chi connectivity index (χ3v) is 11.6. The minimum absolute atomic E-state index is 0.0250. The highest BCUT2D eigenvalue weighted by molar-refractivity contribution is 6.72. The highest BCUT2D eigenvalue weighted by Crippen LogP contribution is 2.48. The molecule has 1 aromatic rings. The highest BCUT2D eigenvalue weighted by atomic mass is 28.4. The zero-order valence-electron chi connectivity index (χ0n) is 19.5. The largest absolute Gasteiger partial charge is 0.432 e. The van der Waals surface area contributed by atoms with Crippen LogP contribution in [0.2, 0.25) is 18.1 Å². The number of rotatable bonds is 10. The third kappa shape index (κ3) is 5.74. The van der Waals surface area contributed by atoms with Crippen LogP contribution in [0, 0.1) is 17.8 Å². The summed E-state index contributed by atoms with van der Waals surface area (Å²) in [4.78, 5) is 10.8. The van der Waals surface area contributed by atoms with Gasteiger partial charge in [0.15, 0.2) is 14.6 Å². The minimum atomic E-state index is -2.25. The Hall–Kier alpha value is -0.723. The maximum absolute atomic E-state index is 10.8. The summed E-state index contributed by atoms with van der Waals surface area (Å²) in [6.07, 6.45) is 6.81. The van der Waals surface area contributed by atoms with E-state index in [-0.39, 0.29) is 23.5 Å². The summed E-state index contributed by atoms with van der Waals surface area (Å²) in [7, 11) is -0.544. The molecule has 1 unspecified atom stereocenters. The lowest BCUT2D eigenvalue weighted by Gasteiger charge is -2.38. The molecule has 4 nitrogen and oxygen atoms in total. The second-order valence-electron chi connectivity index (χ2n) is 10.8. The Labute approximate surface area is 184 Å². The molecule has 30 heavy (non-hydrogen) atoms. The lowest BCUT2D eigenvalue weighted by Crippen LogP contribution is -2.40. The van der Waals surface area contributed by atoms with Crippen LogP contribution < -0.4 is 0 Å². The van der Waals surface area contributed by atoms with Crippen LogP contribution in [0.5, 0.6) is 0 Å². The molecule has 1 saturated carbocycles. The van der Waals surface area contributed by atoms with Gasteiger partial charge in [0.25, 0.3) is 0 Å². The van der Waals surface area contributed by atoms with Gasteiger partial charge < -0.3 is 19.4 Å². The van der Waals surface area contributed by atoms with Crippen molar-refractivity contribution in [1.82, 2.24) is 0 Å². The first-order chi connectivity index (χ1) is 14.1. The Kier molecular flexibility index (Phi) is 7.84. The van der Waals surface area contributed by atoms with Gasteiger partial charge in [-0.1, -0.05) is 50.6 Å². The van der Waals surface area contributed by atoms with Crippen LogP contribution in [0.25, 0.3) is 0 Å². The zero-order valence-corrected chi connectivity index (χ0v) is 20.5. The van der Waals surface area contributed by atoms with Crippen molar-refractivity contribution >= 4 is 8.32 Å². The summed E-state index contributed by atoms with van der Waals surface area (Å²) in [5.41, 5.74) is 1.38. The van der Waals surface area contributed by atoms with Gasteiger partial charge in [0, 0.05) is 20.0 Å². The summed E-state index contributed by atoms with van der Waals surface area (Å²) < 4.78 is 11.4. The molecule has 2 aliphatic rings. The van der Waals surface area contributed by atoms with Crippen LogP contribution in [0.1, 0.15) is 57.9 Å². The number of hydrogen-bond acceptors (Lipinski definition) is 4. The van der Waals surface area contributed by atoms with Crippen molar-refractivity contribution in [3.8, 4) is 0 Å². The van der Waals surface area contributed by atoms with Crippen molar-refractivity contribution in [3.05, 3.63) is 35.9 Å². The number of fused-ring (bicyclic) bond motifs is 1. The van der Waals surface area contributed by atoms with Gasteiger partial charge in [-0.25, -0.2) is 0 Å². The Balaban J connectivity index is 1.64. The smallest absolute Gasteiger partial charge is 0.188 e. The molecule has 0 bridgehead atoms. The van der Waals surface area contributed by atoms with Gasteiger partial charge in [-0.2, -0.15) is 0 Å². The van der Waals surface area contributed by atoms with E-state index in [4.69, 9.17) is 9.47 Å². The Morgan fingerprint density at radius 2 is 1.87 bits per heavy atom. The lowest BCUT2D eigenvalue weighted by atomic mass is 9.81. The first-order valence-corrected chi connectivity index (χ1v) is 14.7. The van der Waals surface area contributed by atoms with Crippen LogP contribution in [-0.4, -0.2) is 43.8 Å². The summed E-state index contributed by atoms with van der Waals surface area (Å²) in [5, 5.41) is 10.7. The summed E-state index contributed by atoms with van der Waals surface area (Å²) in [6, 6.07) is 10.7. The predicted molar refractivity (Wildman–Crippen MR) is 124 cm³/mol. The molecule has 6 atom stereocenters. The summed E-state index contributed by atoms with van der Waals surface area (Å²) in [5.74, 6) is 1.26. The second-order valence-corrected chi connectivity index (χ2v) is 15.3. The quantitative estimate of drug-likeness (QED) is 0.501. The number of ether oxygens (including phenoxy) is 2. The van der Waals surface area contributed by atoms with Crippen molar-refractivity contribution in [3.63, 3.8) is 0 Å². The fourth-order valence-electron chi connectivity index (χ4n) is 5.43. The van der Waals surface area contributed by atoms with E-state index in [2.05, 4.69) is 57.3 Å². The van der Waals surface area contributed by atoms with Gasteiger partial charge in [0.1, 0.15) is 0 Å². The number of methoxy groups -OCH3 is 1. The summed E-state index contributed by atoms with van der Waals surface area (Å²) >= 11 is 0. The molecule has 1 aromatic carbocycles. The van der Waals surface area contributed by atoms with Crippen LogP contribution in [0.3, 0.4) is 0 Å². The molecule has 0 radical (unpaired) electrons. The first-order valence-electron chi connectivity index (χ1n) is 11.7. The van der Waals surface area contributed by atoms with Crippen molar-refractivity contribution in [2.45, 2.75) is 95.4 Å². The van der Waals surface area contributed by atoms with Crippen molar-refractivity contribution in [2.24, 2.45) is 17.8 Å². The normalized spacial score (nSPS) is 30.4. The number of benzene rings is 1. The molecule has 2 N–H and O–H groups in total. The summed E-state index contributed by atoms with van der Waals surface area (Å²) in [6.45, 7) is 8.60. The molecule has 0 amide bonds. The fourth-order valence-corrected chi connectivity index (χ4v) is 6.21. The minimum Gasteiger partial charge on any atom is -0.432 e. The maximum Gasteiger partial charge on any atom is 0.188 e. The van der Waals surface area contributed by atoms with E-state index in [0.29, 0.717) is 17.8 Å². The molecular weight excluding hydrogens is 392 g/mol. The van der Waals surface area contributed by atoms with Gasteiger partial charge in [-0.3, -0.25) is 0 Å². The van der Waals surface area contributed by atoms with E-state index in [9.17, 15) is 9.90 Å². The fraction of sp³-hybridized carbons (Fsp3) is 0.760. The van der Waals surface area contributed by atoms with Crippen molar-refractivity contribution in [1.29, 1.82) is 0 Å². The van der Waals surface area contributed by atoms with E-state index in [1.165, 1.54) is 5.56 Å². The van der Waals surface area contributed by atoms with E-state index in [0.717, 1.165) is 44.9 Å². The van der Waals surface area contributed by atoms with E-state index in [1.807, 2.05) is 0 Å². The molecule has 1 heterocycles. The molecule has 1 aliphatic heterocycles. The van der Waals surface area contributed by atoms with Crippen LogP contribution in [0.15, 0.2) is 30.3 Å². The molecule has 1 saturated heterocycles. The Morgan fingerprint density at radius 3 is 2.50 bits per heavy atom. The van der Waals surface area contributed by atoms with Gasteiger partial charge >= 0.3 is 0 Å².